The van der Waals surface area contributed by atoms with Crippen molar-refractivity contribution in [3.05, 3.63) is 35.4 Å². The number of fused-ring (bicyclic) bond motifs is 1. The summed E-state index contributed by atoms with van der Waals surface area (Å²) >= 11 is 5.86. The van der Waals surface area contributed by atoms with Crippen molar-refractivity contribution in [3.8, 4) is 0 Å². The Hall–Kier alpha value is -1.55. The molecular formula is C11H11ClN2O2. The Morgan fingerprint density at radius 3 is 3.06 bits per heavy atom. The van der Waals surface area contributed by atoms with Crippen molar-refractivity contribution in [2.24, 2.45) is 5.92 Å². The van der Waals surface area contributed by atoms with Crippen molar-refractivity contribution in [2.75, 3.05) is 0 Å². The minimum absolute atomic E-state index is 0.392. The maximum Gasteiger partial charge on any atom is 0.306 e. The Kier molecular flexibility index (Phi) is 2.83. The van der Waals surface area contributed by atoms with E-state index in [2.05, 4.69) is 4.98 Å². The van der Waals surface area contributed by atoms with E-state index in [9.17, 15) is 4.79 Å². The highest BCUT2D eigenvalue weighted by Crippen LogP contribution is 2.17. The maximum atomic E-state index is 10.7. The van der Waals surface area contributed by atoms with Gasteiger partial charge in [0.1, 0.15) is 6.33 Å². The summed E-state index contributed by atoms with van der Waals surface area (Å²) in [4.78, 5) is 14.7. The minimum Gasteiger partial charge on any atom is -0.481 e. The number of carbonyl (C=O) groups is 1. The smallest absolute Gasteiger partial charge is 0.306 e. The topological polar surface area (TPSA) is 54.6 Å². The van der Waals surface area contributed by atoms with Crippen LogP contribution in [0, 0.1) is 5.92 Å². The highest BCUT2D eigenvalue weighted by Gasteiger charge is 2.12. The van der Waals surface area contributed by atoms with Gasteiger partial charge in [-0.3, -0.25) is 4.79 Å². The number of halogens is 1. The molecule has 0 saturated heterocycles. The molecule has 0 radical (unpaired) electrons. The Morgan fingerprint density at radius 2 is 2.38 bits per heavy atom. The predicted molar refractivity (Wildman–Crippen MR) is 60.7 cm³/mol. The van der Waals surface area contributed by atoms with E-state index in [1.54, 1.807) is 17.7 Å². The fourth-order valence-electron chi connectivity index (χ4n) is 1.57. The first kappa shape index (κ1) is 11.0. The lowest BCUT2D eigenvalue weighted by Gasteiger charge is -2.06. The molecule has 0 fully saturated rings. The summed E-state index contributed by atoms with van der Waals surface area (Å²) in [6.45, 7) is 1.69. The van der Waals surface area contributed by atoms with Crippen LogP contribution in [0.25, 0.3) is 5.52 Å². The summed E-state index contributed by atoms with van der Waals surface area (Å²) in [6.07, 6.45) is 3.97. The lowest BCUT2D eigenvalue weighted by atomic mass is 10.0. The van der Waals surface area contributed by atoms with Crippen LogP contribution in [0.1, 0.15) is 12.5 Å². The summed E-state index contributed by atoms with van der Waals surface area (Å²) < 4.78 is 1.80. The molecule has 0 saturated carbocycles. The Balaban J connectivity index is 2.29. The lowest BCUT2D eigenvalue weighted by Crippen LogP contribution is -2.12. The molecular weight excluding hydrogens is 228 g/mol. The van der Waals surface area contributed by atoms with Crippen LogP contribution >= 0.6 is 11.6 Å². The molecule has 4 nitrogen and oxygen atoms in total. The van der Waals surface area contributed by atoms with E-state index in [-0.39, 0.29) is 0 Å². The Labute approximate surface area is 97.5 Å². The molecule has 0 aliphatic carbocycles. The summed E-state index contributed by atoms with van der Waals surface area (Å²) in [5.74, 6) is -1.18. The van der Waals surface area contributed by atoms with Crippen molar-refractivity contribution in [1.82, 2.24) is 9.38 Å². The first-order chi connectivity index (χ1) is 7.58. The molecule has 2 heterocycles. The fourth-order valence-corrected chi connectivity index (χ4v) is 1.78. The number of rotatable bonds is 3. The zero-order chi connectivity index (χ0) is 11.7. The molecule has 1 N–H and O–H groups in total. The van der Waals surface area contributed by atoms with E-state index in [0.717, 1.165) is 11.1 Å². The number of nitrogens with zero attached hydrogens (tertiary/aromatic N) is 2. The van der Waals surface area contributed by atoms with Crippen LogP contribution in [0.3, 0.4) is 0 Å². The van der Waals surface area contributed by atoms with Crippen molar-refractivity contribution in [1.29, 1.82) is 0 Å². The molecule has 1 atom stereocenters. The molecule has 0 spiro atoms. The van der Waals surface area contributed by atoms with Gasteiger partial charge in [0.2, 0.25) is 0 Å². The fraction of sp³-hybridized carbons (Fsp3) is 0.273. The molecule has 5 heteroatoms. The molecule has 2 aromatic heterocycles. The molecule has 2 rings (SSSR count). The highest BCUT2D eigenvalue weighted by molar-refractivity contribution is 6.32. The molecule has 0 aliphatic heterocycles. The van der Waals surface area contributed by atoms with Gasteiger partial charge in [0, 0.05) is 6.20 Å². The second-order valence-electron chi connectivity index (χ2n) is 3.81. The summed E-state index contributed by atoms with van der Waals surface area (Å²) in [7, 11) is 0. The van der Waals surface area contributed by atoms with Crippen molar-refractivity contribution in [3.63, 3.8) is 0 Å². The molecule has 2 aromatic rings. The van der Waals surface area contributed by atoms with Gasteiger partial charge in [0.15, 0.2) is 5.15 Å². The molecule has 0 bridgehead atoms. The van der Waals surface area contributed by atoms with Gasteiger partial charge in [0.05, 0.1) is 11.4 Å². The maximum absolute atomic E-state index is 10.7. The van der Waals surface area contributed by atoms with Gasteiger partial charge in [-0.15, -0.1) is 0 Å². The van der Waals surface area contributed by atoms with Crippen molar-refractivity contribution < 1.29 is 9.90 Å². The molecule has 0 aliphatic rings. The number of pyridine rings is 1. The lowest BCUT2D eigenvalue weighted by molar-refractivity contribution is -0.141. The molecule has 1 unspecified atom stereocenters. The van der Waals surface area contributed by atoms with Crippen LogP contribution in [0.2, 0.25) is 5.15 Å². The number of carboxylic acid groups (broad SMARTS) is 1. The number of carboxylic acids is 1. The number of aromatic nitrogens is 2. The number of hydrogen-bond acceptors (Lipinski definition) is 2. The highest BCUT2D eigenvalue weighted by atomic mass is 35.5. The average Bonchev–Trinajstić information content (AvgIpc) is 2.60. The van der Waals surface area contributed by atoms with Gasteiger partial charge in [-0.05, 0) is 18.1 Å². The van der Waals surface area contributed by atoms with Crippen LogP contribution in [-0.4, -0.2) is 20.5 Å². The first-order valence-corrected chi connectivity index (χ1v) is 5.29. The third kappa shape index (κ3) is 2.02. The average molecular weight is 239 g/mol. The zero-order valence-corrected chi connectivity index (χ0v) is 9.48. The van der Waals surface area contributed by atoms with E-state index < -0.39 is 11.9 Å². The van der Waals surface area contributed by atoms with E-state index in [1.807, 2.05) is 18.3 Å². The monoisotopic (exact) mass is 238 g/mol. The second-order valence-corrected chi connectivity index (χ2v) is 4.17. The SMILES string of the molecule is CC(Cc1ccc2c(Cl)ncn2c1)C(=O)O. The molecule has 0 amide bonds. The van der Waals surface area contributed by atoms with Gasteiger partial charge in [-0.25, -0.2) is 4.98 Å². The normalized spacial score (nSPS) is 12.9. The van der Waals surface area contributed by atoms with E-state index in [1.165, 1.54) is 0 Å². The van der Waals surface area contributed by atoms with E-state index in [4.69, 9.17) is 16.7 Å². The largest absolute Gasteiger partial charge is 0.481 e. The zero-order valence-electron chi connectivity index (χ0n) is 8.72. The quantitative estimate of drug-likeness (QED) is 0.892. The van der Waals surface area contributed by atoms with E-state index >= 15 is 0 Å². The first-order valence-electron chi connectivity index (χ1n) is 4.92. The van der Waals surface area contributed by atoms with Crippen LogP contribution in [0.5, 0.6) is 0 Å². The van der Waals surface area contributed by atoms with Crippen molar-refractivity contribution in [2.45, 2.75) is 13.3 Å². The van der Waals surface area contributed by atoms with Crippen LogP contribution in [0.15, 0.2) is 24.7 Å². The van der Waals surface area contributed by atoms with E-state index in [0.29, 0.717) is 11.6 Å². The Morgan fingerprint density at radius 1 is 1.62 bits per heavy atom. The molecule has 0 aromatic carbocycles. The van der Waals surface area contributed by atoms with Gasteiger partial charge in [0.25, 0.3) is 0 Å². The molecule has 84 valence electrons. The third-order valence-electron chi connectivity index (χ3n) is 2.51. The summed E-state index contributed by atoms with van der Waals surface area (Å²) in [5.41, 5.74) is 1.78. The van der Waals surface area contributed by atoms with Gasteiger partial charge < -0.3 is 9.51 Å². The van der Waals surface area contributed by atoms with Crippen LogP contribution in [0.4, 0.5) is 0 Å². The van der Waals surface area contributed by atoms with Crippen LogP contribution in [-0.2, 0) is 11.2 Å². The standard InChI is InChI=1S/C11H11ClN2O2/c1-7(11(15)16)4-8-2-3-9-10(12)13-6-14(9)5-8/h2-3,5-7H,4H2,1H3,(H,15,16). The van der Waals surface area contributed by atoms with Gasteiger partial charge >= 0.3 is 5.97 Å². The summed E-state index contributed by atoms with van der Waals surface area (Å²) in [5, 5.41) is 9.28. The van der Waals surface area contributed by atoms with Gasteiger partial charge in [-0.1, -0.05) is 24.6 Å². The van der Waals surface area contributed by atoms with Crippen molar-refractivity contribution >= 4 is 23.1 Å². The third-order valence-corrected chi connectivity index (χ3v) is 2.80. The molecule has 16 heavy (non-hydrogen) atoms. The van der Waals surface area contributed by atoms with Gasteiger partial charge in [-0.2, -0.15) is 0 Å². The minimum atomic E-state index is -0.788. The summed E-state index contributed by atoms with van der Waals surface area (Å²) in [6, 6.07) is 3.72. The van der Waals surface area contributed by atoms with Crippen LogP contribution < -0.4 is 0 Å². The predicted octanol–water partition coefficient (Wildman–Crippen LogP) is 2.25. The second kappa shape index (κ2) is 4.14. The number of imidazole rings is 1. The number of aliphatic carboxylic acids is 1. The Bertz CT molecular complexity index is 536. The number of hydrogen-bond donors (Lipinski definition) is 1.